The Balaban J connectivity index is 2.02. The molecule has 0 aromatic carbocycles. The molecule has 1 aliphatic heterocycles. The van der Waals surface area contributed by atoms with Crippen molar-refractivity contribution in [3.05, 3.63) is 28.0 Å². The standard InChI is InChI=1S/C18H25N3O4/c1-12-7-4-5-9-21(12)18(23)14-13(2)25-16-15(14)17(22)20(11-19-16)8-6-10-24-3/h11-12H,4-10H2,1-3H3. The van der Waals surface area contributed by atoms with E-state index in [1.165, 1.54) is 10.9 Å². The molecular formula is C18H25N3O4. The fraction of sp³-hybridized carbons (Fsp3) is 0.611. The van der Waals surface area contributed by atoms with Crippen molar-refractivity contribution in [3.63, 3.8) is 0 Å². The average molecular weight is 347 g/mol. The third-order valence-electron chi connectivity index (χ3n) is 4.88. The molecule has 7 nitrogen and oxygen atoms in total. The molecular weight excluding hydrogens is 322 g/mol. The van der Waals surface area contributed by atoms with Crippen LogP contribution in [0.5, 0.6) is 0 Å². The number of methoxy groups -OCH3 is 1. The lowest BCUT2D eigenvalue weighted by molar-refractivity contribution is 0.0635. The van der Waals surface area contributed by atoms with E-state index < -0.39 is 0 Å². The fourth-order valence-corrected chi connectivity index (χ4v) is 3.48. The summed E-state index contributed by atoms with van der Waals surface area (Å²) in [4.78, 5) is 32.1. The van der Waals surface area contributed by atoms with E-state index in [2.05, 4.69) is 11.9 Å². The smallest absolute Gasteiger partial charge is 0.265 e. The van der Waals surface area contributed by atoms with Crippen LogP contribution in [-0.2, 0) is 11.3 Å². The number of carbonyl (C=O) groups excluding carboxylic acids is 1. The van der Waals surface area contributed by atoms with Gasteiger partial charge in [-0.2, -0.15) is 0 Å². The quantitative estimate of drug-likeness (QED) is 0.776. The van der Waals surface area contributed by atoms with Crippen LogP contribution in [0.3, 0.4) is 0 Å². The molecule has 1 atom stereocenters. The summed E-state index contributed by atoms with van der Waals surface area (Å²) >= 11 is 0. The summed E-state index contributed by atoms with van der Waals surface area (Å²) < 4.78 is 12.2. The third-order valence-corrected chi connectivity index (χ3v) is 4.88. The number of rotatable bonds is 5. The Morgan fingerprint density at radius 3 is 2.96 bits per heavy atom. The Kier molecular flexibility index (Phi) is 5.22. The van der Waals surface area contributed by atoms with Crippen molar-refractivity contribution >= 4 is 17.0 Å². The Labute approximate surface area is 146 Å². The van der Waals surface area contributed by atoms with Crippen LogP contribution in [0.1, 0.15) is 48.7 Å². The third kappa shape index (κ3) is 3.33. The maximum absolute atomic E-state index is 13.1. The van der Waals surface area contributed by atoms with Crippen molar-refractivity contribution in [2.24, 2.45) is 0 Å². The van der Waals surface area contributed by atoms with Crippen LogP contribution in [0.15, 0.2) is 15.5 Å². The highest BCUT2D eigenvalue weighted by Crippen LogP contribution is 2.26. The molecule has 0 saturated carbocycles. The molecule has 0 radical (unpaired) electrons. The number of piperidine rings is 1. The first-order valence-electron chi connectivity index (χ1n) is 8.83. The topological polar surface area (TPSA) is 77.6 Å². The van der Waals surface area contributed by atoms with Crippen LogP contribution < -0.4 is 5.56 Å². The molecule has 2 aromatic rings. The molecule has 3 rings (SSSR count). The molecule has 0 bridgehead atoms. The molecule has 0 N–H and O–H groups in total. The zero-order valence-electron chi connectivity index (χ0n) is 15.1. The predicted molar refractivity (Wildman–Crippen MR) is 93.8 cm³/mol. The first-order valence-corrected chi connectivity index (χ1v) is 8.83. The average Bonchev–Trinajstić information content (AvgIpc) is 2.94. The minimum absolute atomic E-state index is 0.128. The molecule has 1 unspecified atom stereocenters. The Bertz CT molecular complexity index is 824. The minimum Gasteiger partial charge on any atom is -0.442 e. The highest BCUT2D eigenvalue weighted by Gasteiger charge is 2.30. The van der Waals surface area contributed by atoms with Crippen LogP contribution in [0.25, 0.3) is 11.1 Å². The lowest BCUT2D eigenvalue weighted by Crippen LogP contribution is -2.42. The van der Waals surface area contributed by atoms with Gasteiger partial charge in [0.15, 0.2) is 0 Å². The summed E-state index contributed by atoms with van der Waals surface area (Å²) in [7, 11) is 1.63. The number of hydrogen-bond acceptors (Lipinski definition) is 5. The summed E-state index contributed by atoms with van der Waals surface area (Å²) in [6.07, 6.45) is 5.28. The van der Waals surface area contributed by atoms with Gasteiger partial charge in [-0.1, -0.05) is 0 Å². The van der Waals surface area contributed by atoms with Crippen LogP contribution in [0.2, 0.25) is 0 Å². The number of aromatic nitrogens is 2. The number of fused-ring (bicyclic) bond motifs is 1. The van der Waals surface area contributed by atoms with Crippen molar-refractivity contribution in [2.45, 2.75) is 52.1 Å². The van der Waals surface area contributed by atoms with Gasteiger partial charge in [-0.25, -0.2) is 4.98 Å². The molecule has 1 amide bonds. The second kappa shape index (κ2) is 7.39. The number of carbonyl (C=O) groups is 1. The van der Waals surface area contributed by atoms with Gasteiger partial charge < -0.3 is 14.1 Å². The molecule has 0 aliphatic carbocycles. The SMILES string of the molecule is COCCCn1cnc2oc(C)c(C(=O)N3CCCCC3C)c2c1=O. The van der Waals surface area contributed by atoms with Gasteiger partial charge >= 0.3 is 0 Å². The van der Waals surface area contributed by atoms with E-state index in [-0.39, 0.29) is 23.2 Å². The molecule has 7 heteroatoms. The van der Waals surface area contributed by atoms with Crippen molar-refractivity contribution < 1.29 is 13.9 Å². The Morgan fingerprint density at radius 1 is 1.44 bits per heavy atom. The summed E-state index contributed by atoms with van der Waals surface area (Å²) in [5.41, 5.74) is 0.367. The maximum atomic E-state index is 13.1. The van der Waals surface area contributed by atoms with E-state index in [0.29, 0.717) is 42.8 Å². The predicted octanol–water partition coefficient (Wildman–Crippen LogP) is 2.35. The fourth-order valence-electron chi connectivity index (χ4n) is 3.48. The molecule has 1 aliphatic rings. The van der Waals surface area contributed by atoms with Gasteiger partial charge in [-0.3, -0.25) is 14.2 Å². The van der Waals surface area contributed by atoms with Crippen molar-refractivity contribution in [1.29, 1.82) is 0 Å². The van der Waals surface area contributed by atoms with Crippen LogP contribution >= 0.6 is 0 Å². The number of aryl methyl sites for hydroxylation is 2. The summed E-state index contributed by atoms with van der Waals surface area (Å²) in [6.45, 7) is 5.54. The van der Waals surface area contributed by atoms with Gasteiger partial charge in [-0.05, 0) is 39.5 Å². The summed E-state index contributed by atoms with van der Waals surface area (Å²) in [5.74, 6) is 0.328. The number of amides is 1. The zero-order chi connectivity index (χ0) is 18.0. The molecule has 25 heavy (non-hydrogen) atoms. The van der Waals surface area contributed by atoms with E-state index in [4.69, 9.17) is 9.15 Å². The van der Waals surface area contributed by atoms with E-state index >= 15 is 0 Å². The van der Waals surface area contributed by atoms with Gasteiger partial charge in [0.05, 0.1) is 5.56 Å². The first-order chi connectivity index (χ1) is 12.0. The molecule has 1 fully saturated rings. The van der Waals surface area contributed by atoms with E-state index in [9.17, 15) is 9.59 Å². The lowest BCUT2D eigenvalue weighted by atomic mass is 10.0. The molecule has 0 spiro atoms. The van der Waals surface area contributed by atoms with Gasteiger partial charge in [-0.15, -0.1) is 0 Å². The van der Waals surface area contributed by atoms with Gasteiger partial charge in [0.2, 0.25) is 5.71 Å². The largest absolute Gasteiger partial charge is 0.442 e. The van der Waals surface area contributed by atoms with E-state index in [1.807, 2.05) is 4.90 Å². The number of likely N-dealkylation sites (tertiary alicyclic amines) is 1. The van der Waals surface area contributed by atoms with Gasteiger partial charge in [0.25, 0.3) is 11.5 Å². The first kappa shape index (κ1) is 17.7. The van der Waals surface area contributed by atoms with Crippen molar-refractivity contribution in [2.75, 3.05) is 20.3 Å². The monoisotopic (exact) mass is 347 g/mol. The van der Waals surface area contributed by atoms with Gasteiger partial charge in [0, 0.05) is 32.8 Å². The van der Waals surface area contributed by atoms with Crippen LogP contribution in [-0.4, -0.2) is 46.7 Å². The molecule has 136 valence electrons. The van der Waals surface area contributed by atoms with Crippen molar-refractivity contribution in [1.82, 2.24) is 14.5 Å². The van der Waals surface area contributed by atoms with Gasteiger partial charge in [0.1, 0.15) is 17.5 Å². The number of nitrogens with zero attached hydrogens (tertiary/aromatic N) is 3. The summed E-state index contributed by atoms with van der Waals surface area (Å²) in [5, 5.41) is 0.292. The van der Waals surface area contributed by atoms with E-state index in [1.54, 1.807) is 14.0 Å². The van der Waals surface area contributed by atoms with Crippen LogP contribution in [0, 0.1) is 6.92 Å². The second-order valence-corrected chi connectivity index (χ2v) is 6.65. The molecule has 2 aromatic heterocycles. The maximum Gasteiger partial charge on any atom is 0.265 e. The Morgan fingerprint density at radius 2 is 2.24 bits per heavy atom. The number of furan rings is 1. The minimum atomic E-state index is -0.231. The normalized spacial score (nSPS) is 18.0. The number of ether oxygens (including phenoxy) is 1. The highest BCUT2D eigenvalue weighted by atomic mass is 16.5. The van der Waals surface area contributed by atoms with Crippen molar-refractivity contribution in [3.8, 4) is 0 Å². The molecule has 3 heterocycles. The molecule has 1 saturated heterocycles. The van der Waals surface area contributed by atoms with Crippen LogP contribution in [0.4, 0.5) is 0 Å². The highest BCUT2D eigenvalue weighted by molar-refractivity contribution is 6.06. The zero-order valence-corrected chi connectivity index (χ0v) is 15.1. The second-order valence-electron chi connectivity index (χ2n) is 6.65. The summed E-state index contributed by atoms with van der Waals surface area (Å²) in [6, 6.07) is 0.172. The Hall–Kier alpha value is -2.15. The lowest BCUT2D eigenvalue weighted by Gasteiger charge is -2.33. The number of hydrogen-bond donors (Lipinski definition) is 0. The van der Waals surface area contributed by atoms with E-state index in [0.717, 1.165) is 19.3 Å².